The lowest BCUT2D eigenvalue weighted by atomic mass is 9.87. The van der Waals surface area contributed by atoms with Crippen LogP contribution in [0, 0.1) is 11.8 Å². The zero-order chi connectivity index (χ0) is 20.1. The van der Waals surface area contributed by atoms with Crippen LogP contribution in [0.25, 0.3) is 0 Å². The number of hydrogen-bond acceptors (Lipinski definition) is 4. The molecule has 0 aromatic heterocycles. The molecule has 150 valence electrons. The van der Waals surface area contributed by atoms with Gasteiger partial charge >= 0.3 is 0 Å². The van der Waals surface area contributed by atoms with Crippen LogP contribution in [0.15, 0.2) is 23.3 Å². The van der Waals surface area contributed by atoms with Gasteiger partial charge in [0.15, 0.2) is 0 Å². The molecule has 4 atom stereocenters. The number of imide groups is 1. The van der Waals surface area contributed by atoms with E-state index in [2.05, 4.69) is 26.8 Å². The second kappa shape index (κ2) is 9.45. The van der Waals surface area contributed by atoms with Crippen molar-refractivity contribution in [3.8, 4) is 0 Å². The van der Waals surface area contributed by atoms with Gasteiger partial charge in [0.05, 0.1) is 30.6 Å². The Balaban J connectivity index is 2.36. The zero-order valence-electron chi connectivity index (χ0n) is 17.3. The number of Topliss-reactive ketones (excluding diaryl/α,β-unsaturated/α-hetero) is 1. The maximum atomic E-state index is 13.0. The highest BCUT2D eigenvalue weighted by Crippen LogP contribution is 2.42. The second-order valence-electron chi connectivity index (χ2n) is 7.73. The van der Waals surface area contributed by atoms with Crippen molar-refractivity contribution in [3.05, 3.63) is 23.3 Å². The highest BCUT2D eigenvalue weighted by molar-refractivity contribution is 6.08. The van der Waals surface area contributed by atoms with Crippen LogP contribution < -0.4 is 0 Å². The number of likely N-dealkylation sites (tertiary alicyclic amines) is 1. The fraction of sp³-hybridized carbons (Fsp3) is 0.682. The first-order valence-corrected chi connectivity index (χ1v) is 10.2. The smallest absolute Gasteiger partial charge is 0.236 e. The van der Waals surface area contributed by atoms with Gasteiger partial charge in [0.2, 0.25) is 11.8 Å². The van der Waals surface area contributed by atoms with Crippen molar-refractivity contribution in [1.29, 1.82) is 0 Å². The zero-order valence-corrected chi connectivity index (χ0v) is 17.3. The molecule has 2 aliphatic rings. The molecule has 0 aliphatic carbocycles. The summed E-state index contributed by atoms with van der Waals surface area (Å²) in [5.41, 5.74) is 2.40. The van der Waals surface area contributed by atoms with E-state index >= 15 is 0 Å². The third-order valence-corrected chi connectivity index (χ3v) is 5.60. The van der Waals surface area contributed by atoms with E-state index in [9.17, 15) is 14.4 Å². The Morgan fingerprint density at radius 2 is 1.59 bits per heavy atom. The Hall–Kier alpha value is -1.75. The van der Waals surface area contributed by atoms with Crippen molar-refractivity contribution in [3.63, 3.8) is 0 Å². The number of unbranched alkanes of at least 4 members (excludes halogenated alkanes) is 1. The van der Waals surface area contributed by atoms with Crippen molar-refractivity contribution < 1.29 is 19.1 Å². The van der Waals surface area contributed by atoms with Gasteiger partial charge in [-0.2, -0.15) is 0 Å². The third-order valence-electron chi connectivity index (χ3n) is 5.60. The van der Waals surface area contributed by atoms with Crippen LogP contribution in [0.2, 0.25) is 0 Å². The number of carbonyl (C=O) groups is 3. The molecule has 0 radical (unpaired) electrons. The topological polar surface area (TPSA) is 63.7 Å². The van der Waals surface area contributed by atoms with Crippen LogP contribution in [0.4, 0.5) is 0 Å². The van der Waals surface area contributed by atoms with Gasteiger partial charge in [0.1, 0.15) is 5.78 Å². The van der Waals surface area contributed by atoms with Gasteiger partial charge in [-0.05, 0) is 39.5 Å². The number of amides is 2. The fourth-order valence-electron chi connectivity index (χ4n) is 3.89. The van der Waals surface area contributed by atoms with E-state index < -0.39 is 24.0 Å². The van der Waals surface area contributed by atoms with E-state index in [-0.39, 0.29) is 24.1 Å². The monoisotopic (exact) mass is 375 g/mol. The Kier molecular flexibility index (Phi) is 7.54. The van der Waals surface area contributed by atoms with Gasteiger partial charge in [-0.15, -0.1) is 0 Å². The summed E-state index contributed by atoms with van der Waals surface area (Å²) in [5, 5.41) is 0. The molecule has 0 aromatic carbocycles. The van der Waals surface area contributed by atoms with Crippen molar-refractivity contribution in [1.82, 2.24) is 4.90 Å². The number of rotatable bonds is 9. The number of carbonyl (C=O) groups excluding carboxylic acids is 3. The van der Waals surface area contributed by atoms with Crippen LogP contribution in [0.5, 0.6) is 0 Å². The molecule has 2 fully saturated rings. The van der Waals surface area contributed by atoms with Crippen molar-refractivity contribution >= 4 is 17.6 Å². The molecule has 2 amide bonds. The molecule has 0 aromatic rings. The van der Waals surface area contributed by atoms with Gasteiger partial charge in [-0.3, -0.25) is 19.3 Å². The minimum Gasteiger partial charge on any atom is -0.365 e. The molecule has 0 spiro atoms. The first-order valence-electron chi connectivity index (χ1n) is 10.2. The molecule has 2 heterocycles. The van der Waals surface area contributed by atoms with Gasteiger partial charge in [0.25, 0.3) is 0 Å². The van der Waals surface area contributed by atoms with Crippen LogP contribution in [-0.4, -0.2) is 41.3 Å². The molecule has 4 unspecified atom stereocenters. The SMILES string of the molecule is CCCC/C(=C/C1OC(/C=C(/C)CC)C2C(=O)N(CC(C)=O)C(=O)C12)CC. The number of fused-ring (bicyclic) bond motifs is 1. The highest BCUT2D eigenvalue weighted by Gasteiger charge is 2.58. The van der Waals surface area contributed by atoms with Gasteiger partial charge in [-0.1, -0.05) is 50.5 Å². The quantitative estimate of drug-likeness (QED) is 0.454. The molecule has 27 heavy (non-hydrogen) atoms. The average molecular weight is 376 g/mol. The van der Waals surface area contributed by atoms with E-state index in [0.29, 0.717) is 0 Å². The summed E-state index contributed by atoms with van der Waals surface area (Å²) in [7, 11) is 0. The largest absolute Gasteiger partial charge is 0.365 e. The fourth-order valence-corrected chi connectivity index (χ4v) is 3.89. The van der Waals surface area contributed by atoms with E-state index in [0.717, 1.165) is 42.6 Å². The summed E-state index contributed by atoms with van der Waals surface area (Å²) in [6.07, 6.45) is 8.20. The normalized spacial score (nSPS) is 28.9. The van der Waals surface area contributed by atoms with Gasteiger partial charge < -0.3 is 4.74 Å². The lowest BCUT2D eigenvalue weighted by Crippen LogP contribution is -2.38. The van der Waals surface area contributed by atoms with Crippen LogP contribution in [0.1, 0.15) is 66.7 Å². The van der Waals surface area contributed by atoms with Gasteiger partial charge in [0, 0.05) is 0 Å². The first-order chi connectivity index (χ1) is 12.8. The Morgan fingerprint density at radius 1 is 1.00 bits per heavy atom. The summed E-state index contributed by atoms with van der Waals surface area (Å²) in [5.74, 6) is -1.76. The summed E-state index contributed by atoms with van der Waals surface area (Å²) < 4.78 is 6.20. The Bertz CT molecular complexity index is 649. The molecule has 0 N–H and O–H groups in total. The van der Waals surface area contributed by atoms with E-state index in [1.807, 2.05) is 13.0 Å². The first kappa shape index (κ1) is 21.5. The molecule has 5 heteroatoms. The van der Waals surface area contributed by atoms with Crippen LogP contribution >= 0.6 is 0 Å². The predicted molar refractivity (Wildman–Crippen MR) is 105 cm³/mol. The van der Waals surface area contributed by atoms with Gasteiger partial charge in [-0.25, -0.2) is 0 Å². The van der Waals surface area contributed by atoms with Crippen molar-refractivity contribution in [2.24, 2.45) is 11.8 Å². The van der Waals surface area contributed by atoms with E-state index in [1.54, 1.807) is 0 Å². The molecular weight excluding hydrogens is 342 g/mol. The Labute approximate surface area is 162 Å². The molecule has 2 aliphatic heterocycles. The molecule has 2 saturated heterocycles. The summed E-state index contributed by atoms with van der Waals surface area (Å²) in [6, 6.07) is 0. The average Bonchev–Trinajstić information content (AvgIpc) is 3.09. The summed E-state index contributed by atoms with van der Waals surface area (Å²) >= 11 is 0. The third kappa shape index (κ3) is 4.75. The molecular formula is C22H33NO4. The van der Waals surface area contributed by atoms with Crippen LogP contribution in [-0.2, 0) is 19.1 Å². The number of allylic oxidation sites excluding steroid dienone is 2. The lowest BCUT2D eigenvalue weighted by Gasteiger charge is -2.19. The Morgan fingerprint density at radius 3 is 2.07 bits per heavy atom. The van der Waals surface area contributed by atoms with Crippen molar-refractivity contribution in [2.45, 2.75) is 78.9 Å². The maximum Gasteiger partial charge on any atom is 0.236 e. The number of hydrogen-bond donors (Lipinski definition) is 0. The van der Waals surface area contributed by atoms with E-state index in [1.165, 1.54) is 12.5 Å². The minimum absolute atomic E-state index is 0.138. The molecule has 0 bridgehead atoms. The second-order valence-corrected chi connectivity index (χ2v) is 7.73. The predicted octanol–water partition coefficient (Wildman–Crippen LogP) is 3.83. The minimum atomic E-state index is -0.524. The molecule has 2 rings (SSSR count). The van der Waals surface area contributed by atoms with E-state index in [4.69, 9.17) is 4.74 Å². The molecule has 0 saturated carbocycles. The number of nitrogens with zero attached hydrogens (tertiary/aromatic N) is 1. The standard InChI is InChI=1S/C22H33NO4/c1-6-9-10-16(8-3)12-18-20-19(17(27-18)11-14(4)7-2)21(25)23(22(20)26)13-15(5)24/h11-12,17-20H,6-10,13H2,1-5H3/b14-11-,16-12+. The maximum absolute atomic E-state index is 13.0. The lowest BCUT2D eigenvalue weighted by molar-refractivity contribution is -0.145. The highest BCUT2D eigenvalue weighted by atomic mass is 16.5. The number of ketones is 1. The molecule has 5 nitrogen and oxygen atoms in total. The number of ether oxygens (including phenoxy) is 1. The summed E-state index contributed by atoms with van der Waals surface area (Å²) in [4.78, 5) is 38.5. The van der Waals surface area contributed by atoms with Crippen molar-refractivity contribution in [2.75, 3.05) is 6.54 Å². The van der Waals surface area contributed by atoms with Crippen LogP contribution in [0.3, 0.4) is 0 Å². The summed E-state index contributed by atoms with van der Waals surface area (Å²) in [6.45, 7) is 9.59.